The van der Waals surface area contributed by atoms with Crippen LogP contribution in [0.2, 0.25) is 0 Å². The number of aryl methyl sites for hydroxylation is 1. The van der Waals surface area contributed by atoms with E-state index in [4.69, 9.17) is 5.11 Å². The first-order valence-electron chi connectivity index (χ1n) is 5.74. The van der Waals surface area contributed by atoms with E-state index in [-0.39, 0.29) is 0 Å². The van der Waals surface area contributed by atoms with Crippen LogP contribution in [0.25, 0.3) is 0 Å². The van der Waals surface area contributed by atoms with E-state index in [0.29, 0.717) is 5.56 Å². The highest BCUT2D eigenvalue weighted by atomic mass is 16.4. The lowest BCUT2D eigenvalue weighted by Crippen LogP contribution is -2.20. The summed E-state index contributed by atoms with van der Waals surface area (Å²) >= 11 is 0. The van der Waals surface area contributed by atoms with Gasteiger partial charge in [0.2, 0.25) is 0 Å². The number of carboxylic acids is 1. The van der Waals surface area contributed by atoms with Crippen molar-refractivity contribution in [2.24, 2.45) is 5.92 Å². The van der Waals surface area contributed by atoms with Crippen LogP contribution in [-0.4, -0.2) is 17.6 Å². The minimum Gasteiger partial charge on any atom is -0.478 e. The van der Waals surface area contributed by atoms with E-state index in [9.17, 15) is 4.79 Å². The summed E-state index contributed by atoms with van der Waals surface area (Å²) in [5.41, 5.74) is 2.22. The van der Waals surface area contributed by atoms with E-state index >= 15 is 0 Å². The minimum absolute atomic E-state index is 0.384. The van der Waals surface area contributed by atoms with Crippen molar-refractivity contribution in [2.75, 3.05) is 11.9 Å². The van der Waals surface area contributed by atoms with Crippen molar-refractivity contribution < 1.29 is 9.90 Å². The summed E-state index contributed by atoms with van der Waals surface area (Å²) in [6.07, 6.45) is 3.99. The summed E-state index contributed by atoms with van der Waals surface area (Å²) in [7, 11) is 0. The maximum absolute atomic E-state index is 10.8. The van der Waals surface area contributed by atoms with Crippen LogP contribution in [0.3, 0.4) is 0 Å². The Hall–Kier alpha value is -1.51. The Morgan fingerprint density at radius 3 is 2.75 bits per heavy atom. The molecule has 86 valence electrons. The molecule has 2 N–H and O–H groups in total. The SMILES string of the molecule is Cc1cc(NCC2CCC2)ccc1C(=O)O. The van der Waals surface area contributed by atoms with Gasteiger partial charge in [0.05, 0.1) is 5.56 Å². The molecule has 3 nitrogen and oxygen atoms in total. The van der Waals surface area contributed by atoms with Gasteiger partial charge in [0.25, 0.3) is 0 Å². The Labute approximate surface area is 95.5 Å². The fourth-order valence-electron chi connectivity index (χ4n) is 1.97. The topological polar surface area (TPSA) is 49.3 Å². The third kappa shape index (κ3) is 2.35. The molecule has 0 heterocycles. The van der Waals surface area contributed by atoms with E-state index in [1.54, 1.807) is 6.07 Å². The molecule has 0 radical (unpaired) electrons. The molecule has 1 fully saturated rings. The summed E-state index contributed by atoms with van der Waals surface area (Å²) in [6, 6.07) is 5.41. The van der Waals surface area contributed by atoms with Crippen molar-refractivity contribution in [3.63, 3.8) is 0 Å². The number of aromatic carboxylic acids is 1. The number of nitrogens with one attached hydrogen (secondary N) is 1. The lowest BCUT2D eigenvalue weighted by molar-refractivity contribution is 0.0696. The largest absolute Gasteiger partial charge is 0.478 e. The van der Waals surface area contributed by atoms with Crippen molar-refractivity contribution in [3.05, 3.63) is 29.3 Å². The van der Waals surface area contributed by atoms with Crippen LogP contribution in [0.5, 0.6) is 0 Å². The molecule has 0 spiro atoms. The fraction of sp³-hybridized carbons (Fsp3) is 0.462. The second-order valence-electron chi connectivity index (χ2n) is 4.51. The van der Waals surface area contributed by atoms with Crippen molar-refractivity contribution in [1.29, 1.82) is 0 Å². The molecule has 0 unspecified atom stereocenters. The van der Waals surface area contributed by atoms with Crippen molar-refractivity contribution in [3.8, 4) is 0 Å². The molecule has 1 aromatic carbocycles. The van der Waals surface area contributed by atoms with E-state index in [1.807, 2.05) is 19.1 Å². The van der Waals surface area contributed by atoms with Gasteiger partial charge in [-0.3, -0.25) is 0 Å². The summed E-state index contributed by atoms with van der Waals surface area (Å²) in [5, 5.41) is 12.3. The molecule has 1 aliphatic carbocycles. The molecule has 16 heavy (non-hydrogen) atoms. The van der Waals surface area contributed by atoms with Gasteiger partial charge < -0.3 is 10.4 Å². The van der Waals surface area contributed by atoms with Crippen LogP contribution in [0, 0.1) is 12.8 Å². The number of benzene rings is 1. The first kappa shape index (κ1) is 11.0. The zero-order valence-corrected chi connectivity index (χ0v) is 9.49. The van der Waals surface area contributed by atoms with Crippen molar-refractivity contribution in [2.45, 2.75) is 26.2 Å². The highest BCUT2D eigenvalue weighted by Crippen LogP contribution is 2.26. The summed E-state index contributed by atoms with van der Waals surface area (Å²) < 4.78 is 0. The van der Waals surface area contributed by atoms with Crippen LogP contribution in [-0.2, 0) is 0 Å². The Morgan fingerprint density at radius 1 is 1.50 bits per heavy atom. The zero-order chi connectivity index (χ0) is 11.5. The number of carboxylic acid groups (broad SMARTS) is 1. The van der Waals surface area contributed by atoms with E-state index in [2.05, 4.69) is 5.32 Å². The summed E-state index contributed by atoms with van der Waals surface area (Å²) in [6.45, 7) is 2.84. The van der Waals surface area contributed by atoms with Gasteiger partial charge in [-0.1, -0.05) is 6.42 Å². The van der Waals surface area contributed by atoms with Gasteiger partial charge in [-0.15, -0.1) is 0 Å². The Kier molecular flexibility index (Phi) is 3.13. The van der Waals surface area contributed by atoms with Crippen LogP contribution in [0.15, 0.2) is 18.2 Å². The van der Waals surface area contributed by atoms with Crippen LogP contribution < -0.4 is 5.32 Å². The molecule has 0 amide bonds. The number of anilines is 1. The van der Waals surface area contributed by atoms with Gasteiger partial charge >= 0.3 is 5.97 Å². The Balaban J connectivity index is 1.99. The zero-order valence-electron chi connectivity index (χ0n) is 9.49. The van der Waals surface area contributed by atoms with Crippen molar-refractivity contribution in [1.82, 2.24) is 0 Å². The van der Waals surface area contributed by atoms with Crippen molar-refractivity contribution >= 4 is 11.7 Å². The van der Waals surface area contributed by atoms with E-state index in [1.165, 1.54) is 19.3 Å². The second-order valence-corrected chi connectivity index (χ2v) is 4.51. The third-order valence-corrected chi connectivity index (χ3v) is 3.28. The molecule has 1 aromatic rings. The van der Waals surface area contributed by atoms with Gasteiger partial charge in [0.1, 0.15) is 0 Å². The first-order chi connectivity index (χ1) is 7.66. The number of hydrogen-bond donors (Lipinski definition) is 2. The van der Waals surface area contributed by atoms with Crippen LogP contribution >= 0.6 is 0 Å². The number of rotatable bonds is 4. The highest BCUT2D eigenvalue weighted by molar-refractivity contribution is 5.89. The average molecular weight is 219 g/mol. The lowest BCUT2D eigenvalue weighted by atomic mass is 9.85. The molecular weight excluding hydrogens is 202 g/mol. The monoisotopic (exact) mass is 219 g/mol. The molecule has 0 aliphatic heterocycles. The average Bonchev–Trinajstić information content (AvgIpc) is 2.14. The number of hydrogen-bond acceptors (Lipinski definition) is 2. The molecule has 0 bridgehead atoms. The molecule has 0 saturated heterocycles. The Bertz CT molecular complexity index is 397. The molecule has 2 rings (SSSR count). The number of carbonyl (C=O) groups is 1. The van der Waals surface area contributed by atoms with Gasteiger partial charge in [-0.25, -0.2) is 4.79 Å². The van der Waals surface area contributed by atoms with Gasteiger partial charge in [-0.05, 0) is 49.4 Å². The first-order valence-corrected chi connectivity index (χ1v) is 5.74. The van der Waals surface area contributed by atoms with E-state index in [0.717, 1.165) is 23.7 Å². The predicted octanol–water partition coefficient (Wildman–Crippen LogP) is 2.91. The minimum atomic E-state index is -0.858. The molecule has 0 atom stereocenters. The molecular formula is C13H17NO2. The summed E-state index contributed by atoms with van der Waals surface area (Å²) in [5.74, 6) is -0.0532. The van der Waals surface area contributed by atoms with E-state index < -0.39 is 5.97 Å². The fourth-order valence-corrected chi connectivity index (χ4v) is 1.97. The van der Waals surface area contributed by atoms with Gasteiger partial charge in [-0.2, -0.15) is 0 Å². The molecule has 1 saturated carbocycles. The maximum Gasteiger partial charge on any atom is 0.335 e. The highest BCUT2D eigenvalue weighted by Gasteiger charge is 2.16. The maximum atomic E-state index is 10.8. The smallest absolute Gasteiger partial charge is 0.335 e. The Morgan fingerprint density at radius 2 is 2.25 bits per heavy atom. The molecule has 3 heteroatoms. The lowest BCUT2D eigenvalue weighted by Gasteiger charge is -2.26. The quantitative estimate of drug-likeness (QED) is 0.818. The normalized spacial score (nSPS) is 15.6. The van der Waals surface area contributed by atoms with Crippen LogP contribution in [0.4, 0.5) is 5.69 Å². The van der Waals surface area contributed by atoms with Gasteiger partial charge in [0.15, 0.2) is 0 Å². The second kappa shape index (κ2) is 4.56. The summed E-state index contributed by atoms with van der Waals surface area (Å²) in [4.78, 5) is 10.8. The van der Waals surface area contributed by atoms with Gasteiger partial charge in [0, 0.05) is 12.2 Å². The standard InChI is InChI=1S/C13H17NO2/c1-9-7-11(5-6-12(9)13(15)16)14-8-10-3-2-4-10/h5-7,10,14H,2-4,8H2,1H3,(H,15,16). The van der Waals surface area contributed by atoms with Crippen LogP contribution in [0.1, 0.15) is 35.2 Å². The predicted molar refractivity (Wildman–Crippen MR) is 64.0 cm³/mol. The third-order valence-electron chi connectivity index (χ3n) is 3.28. The molecule has 0 aromatic heterocycles. The molecule has 1 aliphatic rings.